The van der Waals surface area contributed by atoms with Crippen molar-refractivity contribution in [2.45, 2.75) is 44.9 Å². The molecule has 3 heterocycles. The molecule has 4 rings (SSSR count). The van der Waals surface area contributed by atoms with Crippen LogP contribution >= 0.6 is 0 Å². The molecule has 164 valence electrons. The van der Waals surface area contributed by atoms with Crippen LogP contribution < -0.4 is 4.74 Å². The highest BCUT2D eigenvalue weighted by Gasteiger charge is 2.33. The van der Waals surface area contributed by atoms with Crippen LogP contribution in [-0.2, 0) is 15.9 Å². The predicted octanol–water partition coefficient (Wildman–Crippen LogP) is 4.03. The van der Waals surface area contributed by atoms with Gasteiger partial charge in [0.1, 0.15) is 24.1 Å². The number of amidine groups is 1. The Hall–Kier alpha value is -1.83. The molecule has 0 aromatic heterocycles. The highest BCUT2D eigenvalue weighted by atomic mass is 28.3. The van der Waals surface area contributed by atoms with E-state index in [0.717, 1.165) is 68.8 Å². The van der Waals surface area contributed by atoms with Crippen molar-refractivity contribution in [1.29, 1.82) is 0 Å². The average Bonchev–Trinajstić information content (AvgIpc) is 3.15. The Morgan fingerprint density at radius 1 is 1.23 bits per heavy atom. The highest BCUT2D eigenvalue weighted by Crippen LogP contribution is 2.34. The van der Waals surface area contributed by atoms with E-state index < -0.39 is 8.07 Å². The number of fused-ring (bicyclic) bond motifs is 1. The third kappa shape index (κ3) is 5.25. The molecule has 0 spiro atoms. The van der Waals surface area contributed by atoms with E-state index in [1.165, 1.54) is 11.3 Å². The molecule has 0 bridgehead atoms. The first-order chi connectivity index (χ1) is 14.4. The Morgan fingerprint density at radius 2 is 2.03 bits per heavy atom. The van der Waals surface area contributed by atoms with Gasteiger partial charge >= 0.3 is 0 Å². The van der Waals surface area contributed by atoms with Crippen LogP contribution in [-0.4, -0.2) is 63.6 Å². The van der Waals surface area contributed by atoms with Crippen molar-refractivity contribution < 1.29 is 19.3 Å². The van der Waals surface area contributed by atoms with E-state index in [-0.39, 0.29) is 11.7 Å². The number of aliphatic imine (C=N–C) groups is 1. The lowest BCUT2D eigenvalue weighted by Gasteiger charge is -2.30. The normalized spacial score (nSPS) is 22.0. The van der Waals surface area contributed by atoms with Crippen LogP contribution in [0.2, 0.25) is 25.7 Å². The molecule has 0 saturated carbocycles. The second kappa shape index (κ2) is 9.12. The summed E-state index contributed by atoms with van der Waals surface area (Å²) in [7, 11) is -1.11. The summed E-state index contributed by atoms with van der Waals surface area (Å²) in [4.78, 5) is 7.37. The summed E-state index contributed by atoms with van der Waals surface area (Å²) in [6.45, 7) is 11.5. The fraction of sp³-hybridized carbons (Fsp3) is 0.609. The second-order valence-electron chi connectivity index (χ2n) is 9.68. The predicted molar refractivity (Wildman–Crippen MR) is 121 cm³/mol. The van der Waals surface area contributed by atoms with Crippen LogP contribution in [0.15, 0.2) is 34.5 Å². The summed E-state index contributed by atoms with van der Waals surface area (Å²) in [5.74, 6) is 2.37. The van der Waals surface area contributed by atoms with Crippen LogP contribution in [0.3, 0.4) is 0 Å². The quantitative estimate of drug-likeness (QED) is 0.545. The molecule has 0 amide bonds. The van der Waals surface area contributed by atoms with E-state index in [1.807, 2.05) is 12.1 Å². The monoisotopic (exact) mass is 430 g/mol. The van der Waals surface area contributed by atoms with Gasteiger partial charge in [-0.15, -0.1) is 0 Å². The number of aromatic hydroxyl groups is 1. The molecule has 3 aliphatic heterocycles. The van der Waals surface area contributed by atoms with Gasteiger partial charge < -0.3 is 24.2 Å². The minimum atomic E-state index is -1.11. The van der Waals surface area contributed by atoms with Gasteiger partial charge in [-0.3, -0.25) is 0 Å². The Morgan fingerprint density at radius 3 is 2.80 bits per heavy atom. The van der Waals surface area contributed by atoms with Gasteiger partial charge in [-0.1, -0.05) is 19.6 Å². The zero-order chi connectivity index (χ0) is 21.1. The van der Waals surface area contributed by atoms with E-state index in [1.54, 1.807) is 6.07 Å². The molecule has 1 fully saturated rings. The number of hydrogen-bond acceptors (Lipinski definition) is 6. The van der Waals surface area contributed by atoms with Gasteiger partial charge in [-0.25, -0.2) is 4.99 Å². The van der Waals surface area contributed by atoms with Crippen LogP contribution in [0, 0.1) is 5.92 Å². The molecule has 0 radical (unpaired) electrons. The van der Waals surface area contributed by atoms with Crippen molar-refractivity contribution in [3.63, 3.8) is 0 Å². The molecule has 1 atom stereocenters. The van der Waals surface area contributed by atoms with Crippen molar-refractivity contribution in [2.75, 3.05) is 39.7 Å². The average molecular weight is 431 g/mol. The maximum atomic E-state index is 9.88. The van der Waals surface area contributed by atoms with Crippen molar-refractivity contribution in [1.82, 2.24) is 4.90 Å². The summed E-state index contributed by atoms with van der Waals surface area (Å²) in [5.41, 5.74) is 3.64. The molecular weight excluding hydrogens is 396 g/mol. The zero-order valence-corrected chi connectivity index (χ0v) is 19.4. The lowest BCUT2D eigenvalue weighted by atomic mass is 9.95. The first kappa shape index (κ1) is 21.4. The minimum Gasteiger partial charge on any atom is -0.508 e. The Kier molecular flexibility index (Phi) is 6.50. The fourth-order valence-corrected chi connectivity index (χ4v) is 4.92. The molecule has 1 unspecified atom stereocenters. The molecular formula is C23H34N2O4Si. The number of rotatable bonds is 6. The van der Waals surface area contributed by atoms with Gasteiger partial charge in [-0.2, -0.15) is 0 Å². The topological polar surface area (TPSA) is 63.5 Å². The molecule has 7 heteroatoms. The molecule has 1 aromatic rings. The van der Waals surface area contributed by atoms with Gasteiger partial charge in [0.25, 0.3) is 0 Å². The Bertz CT molecular complexity index is 823. The molecule has 30 heavy (non-hydrogen) atoms. The van der Waals surface area contributed by atoms with E-state index >= 15 is 0 Å². The summed E-state index contributed by atoms with van der Waals surface area (Å²) >= 11 is 0. The number of phenolic OH excluding ortho intramolecular Hbond substituents is 1. The third-order valence-electron chi connectivity index (χ3n) is 5.98. The largest absolute Gasteiger partial charge is 0.508 e. The fourth-order valence-electron chi connectivity index (χ4n) is 4.16. The number of benzene rings is 1. The third-order valence-corrected chi connectivity index (χ3v) is 7.68. The van der Waals surface area contributed by atoms with E-state index in [9.17, 15) is 5.11 Å². The van der Waals surface area contributed by atoms with E-state index in [2.05, 4.69) is 24.5 Å². The molecule has 1 saturated heterocycles. The van der Waals surface area contributed by atoms with Gasteiger partial charge in [0, 0.05) is 14.7 Å². The van der Waals surface area contributed by atoms with Crippen molar-refractivity contribution >= 4 is 13.9 Å². The zero-order valence-electron chi connectivity index (χ0n) is 18.4. The number of phenols is 1. The second-order valence-corrected chi connectivity index (χ2v) is 15.3. The lowest BCUT2D eigenvalue weighted by Crippen LogP contribution is -2.40. The molecule has 3 aliphatic rings. The molecule has 6 nitrogen and oxygen atoms in total. The summed E-state index contributed by atoms with van der Waals surface area (Å²) in [6.07, 6.45) is 2.75. The van der Waals surface area contributed by atoms with Gasteiger partial charge in [-0.05, 0) is 54.6 Å². The van der Waals surface area contributed by atoms with Crippen molar-refractivity contribution in [3.8, 4) is 11.5 Å². The lowest BCUT2D eigenvalue weighted by molar-refractivity contribution is 0.0758. The van der Waals surface area contributed by atoms with Crippen LogP contribution in [0.5, 0.6) is 11.5 Å². The Balaban J connectivity index is 1.50. The van der Waals surface area contributed by atoms with Gasteiger partial charge in [0.15, 0.2) is 0 Å². The number of ether oxygens (including phenoxy) is 3. The summed E-state index contributed by atoms with van der Waals surface area (Å²) in [6, 6.07) is 6.50. The maximum Gasteiger partial charge on any atom is 0.122 e. The minimum absolute atomic E-state index is 0.165. The van der Waals surface area contributed by atoms with Crippen molar-refractivity contribution in [3.05, 3.63) is 35.0 Å². The first-order valence-electron chi connectivity index (χ1n) is 11.0. The smallest absolute Gasteiger partial charge is 0.122 e. The molecule has 1 aromatic carbocycles. The Labute approximate surface area is 180 Å². The first-order valence-corrected chi connectivity index (χ1v) is 14.7. The van der Waals surface area contributed by atoms with E-state index in [0.29, 0.717) is 13.3 Å². The van der Waals surface area contributed by atoms with Crippen LogP contribution in [0.1, 0.15) is 18.4 Å². The van der Waals surface area contributed by atoms with Gasteiger partial charge in [0.2, 0.25) is 0 Å². The number of nitrogens with zero attached hydrogens (tertiary/aromatic N) is 2. The van der Waals surface area contributed by atoms with E-state index in [4.69, 9.17) is 19.2 Å². The molecule has 1 N–H and O–H groups in total. The maximum absolute atomic E-state index is 9.88. The highest BCUT2D eigenvalue weighted by molar-refractivity contribution is 6.76. The van der Waals surface area contributed by atoms with Gasteiger partial charge in [0.05, 0.1) is 38.0 Å². The molecule has 0 aliphatic carbocycles. The van der Waals surface area contributed by atoms with Crippen molar-refractivity contribution in [2.24, 2.45) is 10.9 Å². The SMILES string of the molecule is C[Si](C)(C)CCOCN1CC(=C2CCOCC2)N=C1C1COc2ccc(O)cc2C1. The standard InChI is InChI=1S/C23H34N2O4Si/c1-30(2,3)11-10-28-16-25-14-21(17-6-8-27-9-7-17)24-23(25)19-12-18-13-20(26)4-5-22(18)29-15-19/h4-5,13,19,26H,6-12,14-16H2,1-3H3. The van der Waals surface area contributed by atoms with Crippen LogP contribution in [0.25, 0.3) is 0 Å². The summed E-state index contributed by atoms with van der Waals surface area (Å²) in [5, 5.41) is 9.88. The number of hydrogen-bond donors (Lipinski definition) is 1. The summed E-state index contributed by atoms with van der Waals surface area (Å²) < 4.78 is 17.6. The van der Waals surface area contributed by atoms with Crippen LogP contribution in [0.4, 0.5) is 0 Å².